The van der Waals surface area contributed by atoms with E-state index in [1.54, 1.807) is 12.3 Å². The Kier molecular flexibility index (Phi) is 2.77. The van der Waals surface area contributed by atoms with Gasteiger partial charge in [0.2, 0.25) is 0 Å². The quantitative estimate of drug-likeness (QED) is 0.775. The minimum absolute atomic E-state index is 0. The van der Waals surface area contributed by atoms with Crippen LogP contribution >= 0.6 is 0 Å². The number of fused-ring (bicyclic) bond motifs is 1. The SMILES string of the molecule is O=c1[nH]ncc2ccccc12.[Pt+2]. The van der Waals surface area contributed by atoms with Gasteiger partial charge in [-0.1, -0.05) is 18.2 Å². The summed E-state index contributed by atoms with van der Waals surface area (Å²) < 4.78 is 0. The average Bonchev–Trinajstić information content (AvgIpc) is 2.06. The Morgan fingerprint density at radius 3 is 2.75 bits per heavy atom. The number of benzene rings is 1. The van der Waals surface area contributed by atoms with E-state index in [1.807, 2.05) is 18.2 Å². The zero-order valence-electron chi connectivity index (χ0n) is 6.06. The van der Waals surface area contributed by atoms with Gasteiger partial charge >= 0.3 is 21.1 Å². The fourth-order valence-corrected chi connectivity index (χ4v) is 1.04. The van der Waals surface area contributed by atoms with Gasteiger partial charge in [0.05, 0.1) is 6.20 Å². The van der Waals surface area contributed by atoms with Crippen LogP contribution in [0.3, 0.4) is 0 Å². The first-order chi connectivity index (χ1) is 5.38. The predicted octanol–water partition coefficient (Wildman–Crippen LogP) is 0.921. The van der Waals surface area contributed by atoms with Crippen LogP contribution in [0, 0.1) is 0 Å². The Morgan fingerprint density at radius 2 is 2.00 bits per heavy atom. The van der Waals surface area contributed by atoms with Crippen molar-refractivity contribution < 1.29 is 21.1 Å². The van der Waals surface area contributed by atoms with E-state index < -0.39 is 0 Å². The van der Waals surface area contributed by atoms with Gasteiger partial charge in [0, 0.05) is 10.8 Å². The van der Waals surface area contributed by atoms with Crippen LogP contribution in [0.1, 0.15) is 0 Å². The molecule has 0 radical (unpaired) electrons. The summed E-state index contributed by atoms with van der Waals surface area (Å²) in [5.74, 6) is 0. The van der Waals surface area contributed by atoms with Crippen molar-refractivity contribution >= 4 is 10.8 Å². The molecule has 1 N–H and O–H groups in total. The van der Waals surface area contributed by atoms with Crippen LogP contribution in [0.5, 0.6) is 0 Å². The molecule has 3 nitrogen and oxygen atoms in total. The monoisotopic (exact) mass is 341 g/mol. The van der Waals surface area contributed by atoms with Gasteiger partial charge in [-0.25, -0.2) is 5.10 Å². The second-order valence-electron chi connectivity index (χ2n) is 2.29. The van der Waals surface area contributed by atoms with Gasteiger partial charge < -0.3 is 0 Å². The molecule has 2 rings (SSSR count). The second kappa shape index (κ2) is 3.63. The predicted molar refractivity (Wildman–Crippen MR) is 42.4 cm³/mol. The molecule has 0 aliphatic rings. The van der Waals surface area contributed by atoms with Crippen molar-refractivity contribution in [3.05, 3.63) is 40.8 Å². The molecular formula is C8H6N2OPt+2. The first kappa shape index (κ1) is 9.14. The van der Waals surface area contributed by atoms with Crippen LogP contribution in [0.15, 0.2) is 35.3 Å². The summed E-state index contributed by atoms with van der Waals surface area (Å²) in [7, 11) is 0. The minimum atomic E-state index is -0.136. The molecule has 1 aromatic heterocycles. The Balaban J connectivity index is 0.000000720. The number of aromatic nitrogens is 2. The normalized spacial score (nSPS) is 9.33. The van der Waals surface area contributed by atoms with E-state index in [4.69, 9.17) is 0 Å². The van der Waals surface area contributed by atoms with Crippen molar-refractivity contribution in [1.29, 1.82) is 0 Å². The zero-order valence-corrected chi connectivity index (χ0v) is 8.33. The van der Waals surface area contributed by atoms with Gasteiger partial charge in [0.1, 0.15) is 0 Å². The van der Waals surface area contributed by atoms with E-state index in [9.17, 15) is 4.79 Å². The largest absolute Gasteiger partial charge is 2.00 e. The summed E-state index contributed by atoms with van der Waals surface area (Å²) in [6.07, 6.45) is 1.64. The van der Waals surface area contributed by atoms with E-state index >= 15 is 0 Å². The maximum Gasteiger partial charge on any atom is 2.00 e. The molecule has 0 spiro atoms. The zero-order chi connectivity index (χ0) is 7.68. The van der Waals surface area contributed by atoms with Gasteiger partial charge in [-0.3, -0.25) is 4.79 Å². The van der Waals surface area contributed by atoms with Crippen molar-refractivity contribution in [3.8, 4) is 0 Å². The maximum atomic E-state index is 11.1. The van der Waals surface area contributed by atoms with Crippen molar-refractivity contribution in [2.45, 2.75) is 0 Å². The summed E-state index contributed by atoms with van der Waals surface area (Å²) in [5, 5.41) is 7.60. The number of nitrogens with zero attached hydrogens (tertiary/aromatic N) is 1. The van der Waals surface area contributed by atoms with Crippen molar-refractivity contribution in [2.75, 3.05) is 0 Å². The first-order valence-corrected chi connectivity index (χ1v) is 3.30. The molecule has 62 valence electrons. The van der Waals surface area contributed by atoms with E-state index in [-0.39, 0.29) is 26.6 Å². The molecule has 0 aliphatic heterocycles. The topological polar surface area (TPSA) is 45.8 Å². The van der Waals surface area contributed by atoms with E-state index in [1.165, 1.54) is 0 Å². The average molecular weight is 341 g/mol. The molecule has 0 fully saturated rings. The van der Waals surface area contributed by atoms with Gasteiger partial charge in [-0.2, -0.15) is 5.10 Å². The Bertz CT molecular complexity index is 433. The smallest absolute Gasteiger partial charge is 0.267 e. The van der Waals surface area contributed by atoms with Crippen LogP contribution in [0.25, 0.3) is 10.8 Å². The van der Waals surface area contributed by atoms with Gasteiger partial charge in [0.25, 0.3) is 5.56 Å². The molecule has 0 saturated heterocycles. The van der Waals surface area contributed by atoms with Crippen LogP contribution in [-0.2, 0) is 21.1 Å². The van der Waals surface area contributed by atoms with E-state index in [0.717, 1.165) is 5.39 Å². The molecule has 1 aromatic carbocycles. The molecule has 0 amide bonds. The third-order valence-corrected chi connectivity index (χ3v) is 1.58. The summed E-state index contributed by atoms with van der Waals surface area (Å²) in [6, 6.07) is 7.34. The molecule has 1 heterocycles. The number of nitrogens with one attached hydrogen (secondary N) is 1. The number of rotatable bonds is 0. The van der Waals surface area contributed by atoms with Crippen molar-refractivity contribution in [3.63, 3.8) is 0 Å². The first-order valence-electron chi connectivity index (χ1n) is 3.30. The van der Waals surface area contributed by atoms with E-state index in [2.05, 4.69) is 10.2 Å². The number of hydrogen-bond acceptors (Lipinski definition) is 2. The Labute approximate surface area is 83.1 Å². The van der Waals surface area contributed by atoms with Gasteiger partial charge in [-0.05, 0) is 6.07 Å². The molecule has 0 aliphatic carbocycles. The van der Waals surface area contributed by atoms with Crippen LogP contribution in [0.4, 0.5) is 0 Å². The number of aromatic amines is 1. The third kappa shape index (κ3) is 1.46. The summed E-state index contributed by atoms with van der Waals surface area (Å²) in [6.45, 7) is 0. The van der Waals surface area contributed by atoms with Crippen LogP contribution < -0.4 is 5.56 Å². The van der Waals surface area contributed by atoms with E-state index in [0.29, 0.717) is 5.39 Å². The van der Waals surface area contributed by atoms with Crippen LogP contribution in [-0.4, -0.2) is 10.2 Å². The molecule has 4 heteroatoms. The van der Waals surface area contributed by atoms with Crippen molar-refractivity contribution in [2.24, 2.45) is 0 Å². The Morgan fingerprint density at radius 1 is 1.25 bits per heavy atom. The standard InChI is InChI=1S/C8H6N2O.Pt/c11-8-7-4-2-1-3-6(7)5-9-10-8;/h1-5H,(H,10,11);/q;+2. The molecule has 2 aromatic rings. The fraction of sp³-hybridized carbons (Fsp3) is 0. The Hall–Kier alpha value is -0.952. The number of hydrogen-bond donors (Lipinski definition) is 1. The molecule has 0 saturated carbocycles. The van der Waals surface area contributed by atoms with Gasteiger partial charge in [-0.15, -0.1) is 0 Å². The summed E-state index contributed by atoms with van der Waals surface area (Å²) in [5.41, 5.74) is -0.136. The molecule has 12 heavy (non-hydrogen) atoms. The van der Waals surface area contributed by atoms with Crippen molar-refractivity contribution in [1.82, 2.24) is 10.2 Å². The van der Waals surface area contributed by atoms with Crippen LogP contribution in [0.2, 0.25) is 0 Å². The minimum Gasteiger partial charge on any atom is -0.267 e. The fourth-order valence-electron chi connectivity index (χ4n) is 1.04. The molecule has 0 atom stereocenters. The summed E-state index contributed by atoms with van der Waals surface area (Å²) >= 11 is 0. The number of H-pyrrole nitrogens is 1. The second-order valence-corrected chi connectivity index (χ2v) is 2.29. The summed E-state index contributed by atoms with van der Waals surface area (Å²) in [4.78, 5) is 11.1. The third-order valence-electron chi connectivity index (χ3n) is 1.58. The molecule has 0 unspecified atom stereocenters. The maximum absolute atomic E-state index is 11.1. The van der Waals surface area contributed by atoms with Gasteiger partial charge in [0.15, 0.2) is 0 Å². The molecule has 0 bridgehead atoms. The molecular weight excluding hydrogens is 335 g/mol.